The van der Waals surface area contributed by atoms with Crippen LogP contribution in [0, 0.1) is 11.8 Å². The van der Waals surface area contributed by atoms with Gasteiger partial charge in [-0.3, -0.25) is 4.79 Å². The van der Waals surface area contributed by atoms with Crippen molar-refractivity contribution in [1.29, 1.82) is 0 Å². The highest BCUT2D eigenvalue weighted by molar-refractivity contribution is 7.89. The molecular weight excluding hydrogens is 288 g/mol. The van der Waals surface area contributed by atoms with Crippen molar-refractivity contribution >= 4 is 15.9 Å². The lowest BCUT2D eigenvalue weighted by molar-refractivity contribution is 0.0941. The van der Waals surface area contributed by atoms with E-state index in [1.165, 1.54) is 31.0 Å². The molecule has 0 aromatic heterocycles. The normalized spacial score (nSPS) is 22.8. The summed E-state index contributed by atoms with van der Waals surface area (Å²) in [6, 6.07) is 5.81. The lowest BCUT2D eigenvalue weighted by atomic mass is 9.83. The Balaban J connectivity index is 1.95. The molecule has 0 aliphatic heterocycles. The zero-order chi connectivity index (χ0) is 15.5. The Morgan fingerprint density at radius 2 is 1.95 bits per heavy atom. The summed E-state index contributed by atoms with van der Waals surface area (Å²) >= 11 is 0. The van der Waals surface area contributed by atoms with Crippen molar-refractivity contribution in [3.8, 4) is 0 Å². The summed E-state index contributed by atoms with van der Waals surface area (Å²) in [4.78, 5) is 12.0. The SMILES string of the molecule is CC1CCC(CNC(=O)c2cccc(S(N)(=O)=O)c2)CC1. The topological polar surface area (TPSA) is 89.3 Å². The van der Waals surface area contributed by atoms with Gasteiger partial charge < -0.3 is 5.32 Å². The number of primary sulfonamides is 1. The van der Waals surface area contributed by atoms with Crippen LogP contribution in [0.5, 0.6) is 0 Å². The second kappa shape index (κ2) is 6.58. The molecule has 0 bridgehead atoms. The first-order valence-electron chi connectivity index (χ1n) is 7.27. The van der Waals surface area contributed by atoms with Crippen LogP contribution >= 0.6 is 0 Å². The fourth-order valence-corrected chi connectivity index (χ4v) is 3.25. The number of sulfonamides is 1. The molecule has 116 valence electrons. The van der Waals surface area contributed by atoms with Crippen LogP contribution in [0.4, 0.5) is 0 Å². The Bertz CT molecular complexity index is 605. The van der Waals surface area contributed by atoms with Gasteiger partial charge in [0.25, 0.3) is 5.91 Å². The molecule has 0 unspecified atom stereocenters. The number of carbonyl (C=O) groups is 1. The van der Waals surface area contributed by atoms with Crippen molar-refractivity contribution in [2.75, 3.05) is 6.54 Å². The molecule has 3 N–H and O–H groups in total. The van der Waals surface area contributed by atoms with Gasteiger partial charge in [0, 0.05) is 12.1 Å². The maximum absolute atomic E-state index is 12.1. The first-order valence-corrected chi connectivity index (χ1v) is 8.82. The Hall–Kier alpha value is -1.40. The fraction of sp³-hybridized carbons (Fsp3) is 0.533. The second-order valence-electron chi connectivity index (χ2n) is 5.91. The summed E-state index contributed by atoms with van der Waals surface area (Å²) in [5.41, 5.74) is 0.325. The molecule has 0 radical (unpaired) electrons. The summed E-state index contributed by atoms with van der Waals surface area (Å²) < 4.78 is 22.6. The number of nitrogens with two attached hydrogens (primary N) is 1. The first kappa shape index (κ1) is 16.0. The average molecular weight is 310 g/mol. The summed E-state index contributed by atoms with van der Waals surface area (Å²) in [5.74, 6) is 1.05. The molecular formula is C15H22N2O3S. The number of rotatable bonds is 4. The lowest BCUT2D eigenvalue weighted by Gasteiger charge is -2.26. The van der Waals surface area contributed by atoms with Crippen molar-refractivity contribution in [2.45, 2.75) is 37.5 Å². The first-order chi connectivity index (χ1) is 9.86. The van der Waals surface area contributed by atoms with Crippen molar-refractivity contribution in [3.63, 3.8) is 0 Å². The van der Waals surface area contributed by atoms with E-state index in [0.29, 0.717) is 18.0 Å². The quantitative estimate of drug-likeness (QED) is 0.890. The predicted octanol–water partition coefficient (Wildman–Crippen LogP) is 1.89. The number of hydrogen-bond donors (Lipinski definition) is 2. The number of benzene rings is 1. The van der Waals surface area contributed by atoms with Crippen molar-refractivity contribution < 1.29 is 13.2 Å². The van der Waals surface area contributed by atoms with Crippen LogP contribution in [-0.2, 0) is 10.0 Å². The van der Waals surface area contributed by atoms with Crippen LogP contribution in [0.15, 0.2) is 29.2 Å². The van der Waals surface area contributed by atoms with Gasteiger partial charge in [-0.2, -0.15) is 0 Å². The van der Waals surface area contributed by atoms with Crippen LogP contribution in [0.2, 0.25) is 0 Å². The minimum Gasteiger partial charge on any atom is -0.352 e. The Labute approximate surface area is 126 Å². The smallest absolute Gasteiger partial charge is 0.251 e. The average Bonchev–Trinajstić information content (AvgIpc) is 2.45. The highest BCUT2D eigenvalue weighted by Crippen LogP contribution is 2.27. The summed E-state index contributed by atoms with van der Waals surface area (Å²) in [5, 5.41) is 7.96. The van der Waals surface area contributed by atoms with Gasteiger partial charge in [0.2, 0.25) is 10.0 Å². The van der Waals surface area contributed by atoms with Crippen molar-refractivity contribution in [3.05, 3.63) is 29.8 Å². The molecule has 21 heavy (non-hydrogen) atoms. The van der Waals surface area contributed by atoms with E-state index in [2.05, 4.69) is 12.2 Å². The third-order valence-corrected chi connectivity index (χ3v) is 5.02. The monoisotopic (exact) mass is 310 g/mol. The molecule has 1 aromatic rings. The number of hydrogen-bond acceptors (Lipinski definition) is 3. The summed E-state index contributed by atoms with van der Waals surface area (Å²) in [6.45, 7) is 2.90. The number of amides is 1. The number of nitrogens with one attached hydrogen (secondary N) is 1. The van der Waals surface area contributed by atoms with Crippen molar-refractivity contribution in [1.82, 2.24) is 5.32 Å². The van der Waals surface area contributed by atoms with E-state index >= 15 is 0 Å². The Morgan fingerprint density at radius 3 is 2.57 bits per heavy atom. The lowest BCUT2D eigenvalue weighted by Crippen LogP contribution is -2.31. The summed E-state index contributed by atoms with van der Waals surface area (Å²) in [7, 11) is -3.78. The summed E-state index contributed by atoms with van der Waals surface area (Å²) in [6.07, 6.45) is 4.69. The molecule has 1 saturated carbocycles. The fourth-order valence-electron chi connectivity index (χ4n) is 2.69. The molecule has 6 heteroatoms. The maximum atomic E-state index is 12.1. The van der Waals surface area contributed by atoms with Crippen LogP contribution < -0.4 is 10.5 Å². The zero-order valence-corrected chi connectivity index (χ0v) is 13.0. The van der Waals surface area contributed by atoms with Gasteiger partial charge in [-0.05, 0) is 42.9 Å². The highest BCUT2D eigenvalue weighted by atomic mass is 32.2. The van der Waals surface area contributed by atoms with Crippen LogP contribution in [-0.4, -0.2) is 20.9 Å². The molecule has 5 nitrogen and oxygen atoms in total. The molecule has 1 amide bonds. The number of carbonyl (C=O) groups excluding carboxylic acids is 1. The minimum absolute atomic E-state index is 0.0401. The molecule has 0 saturated heterocycles. The van der Waals surface area contributed by atoms with E-state index in [9.17, 15) is 13.2 Å². The van der Waals surface area contributed by atoms with Gasteiger partial charge in [0.1, 0.15) is 0 Å². The molecule has 0 spiro atoms. The molecule has 1 aliphatic carbocycles. The van der Waals surface area contributed by atoms with E-state index in [0.717, 1.165) is 18.8 Å². The van der Waals surface area contributed by atoms with Crippen LogP contribution in [0.1, 0.15) is 43.0 Å². The third kappa shape index (κ3) is 4.54. The highest BCUT2D eigenvalue weighted by Gasteiger charge is 2.19. The maximum Gasteiger partial charge on any atom is 0.251 e. The Kier molecular flexibility index (Phi) is 5.00. The molecule has 1 aliphatic rings. The van der Waals surface area contributed by atoms with E-state index in [4.69, 9.17) is 5.14 Å². The van der Waals surface area contributed by atoms with Crippen molar-refractivity contribution in [2.24, 2.45) is 17.0 Å². The van der Waals surface area contributed by atoms with Crippen LogP contribution in [0.3, 0.4) is 0 Å². The molecule has 1 fully saturated rings. The predicted molar refractivity (Wildman–Crippen MR) is 81.3 cm³/mol. The second-order valence-corrected chi connectivity index (χ2v) is 7.47. The molecule has 2 rings (SSSR count). The zero-order valence-electron chi connectivity index (χ0n) is 12.2. The minimum atomic E-state index is -3.78. The van der Waals surface area contributed by atoms with Crippen LogP contribution in [0.25, 0.3) is 0 Å². The van der Waals surface area contributed by atoms with Gasteiger partial charge in [-0.25, -0.2) is 13.6 Å². The Morgan fingerprint density at radius 1 is 1.29 bits per heavy atom. The third-order valence-electron chi connectivity index (χ3n) is 4.11. The standard InChI is InChI=1S/C15H22N2O3S/c1-11-5-7-12(8-6-11)10-17-15(18)13-3-2-4-14(9-13)21(16,19)20/h2-4,9,11-12H,5-8,10H2,1H3,(H,17,18)(H2,16,19,20). The molecule has 1 aromatic carbocycles. The van der Waals surface area contributed by atoms with E-state index in [-0.39, 0.29) is 10.8 Å². The largest absolute Gasteiger partial charge is 0.352 e. The van der Waals surface area contributed by atoms with Gasteiger partial charge in [-0.1, -0.05) is 25.8 Å². The van der Waals surface area contributed by atoms with E-state index in [1.54, 1.807) is 6.07 Å². The molecule has 0 heterocycles. The van der Waals surface area contributed by atoms with Gasteiger partial charge in [0.15, 0.2) is 0 Å². The molecule has 0 atom stereocenters. The van der Waals surface area contributed by atoms with Gasteiger partial charge in [-0.15, -0.1) is 0 Å². The van der Waals surface area contributed by atoms with Gasteiger partial charge >= 0.3 is 0 Å². The van der Waals surface area contributed by atoms with E-state index in [1.807, 2.05) is 0 Å². The van der Waals surface area contributed by atoms with E-state index < -0.39 is 10.0 Å². The van der Waals surface area contributed by atoms with Gasteiger partial charge in [0.05, 0.1) is 4.90 Å².